The molecule has 1 fully saturated rings. The number of benzene rings is 2. The molecule has 0 radical (unpaired) electrons. The minimum atomic E-state index is -3.43. The van der Waals surface area contributed by atoms with E-state index in [-0.39, 0.29) is 29.6 Å². The molecule has 1 amide bonds. The van der Waals surface area contributed by atoms with Crippen molar-refractivity contribution in [1.82, 2.24) is 9.21 Å². The first kappa shape index (κ1) is 21.9. The molecule has 2 aromatic rings. The monoisotopic (exact) mass is 432 g/mol. The van der Waals surface area contributed by atoms with Gasteiger partial charge < -0.3 is 5.32 Å². The van der Waals surface area contributed by atoms with Crippen LogP contribution in [0.3, 0.4) is 0 Å². The predicted octanol–water partition coefficient (Wildman–Crippen LogP) is 1.99. The van der Waals surface area contributed by atoms with Crippen molar-refractivity contribution < 1.29 is 18.1 Å². The van der Waals surface area contributed by atoms with Crippen LogP contribution in [0.5, 0.6) is 0 Å². The van der Waals surface area contributed by atoms with E-state index in [0.29, 0.717) is 31.7 Å². The Labute approximate surface area is 175 Å². The number of hydrogen-bond acceptors (Lipinski definition) is 6. The highest BCUT2D eigenvalue weighted by molar-refractivity contribution is 7.88. The van der Waals surface area contributed by atoms with Crippen LogP contribution >= 0.6 is 0 Å². The number of amides is 1. The number of rotatable bonds is 7. The summed E-state index contributed by atoms with van der Waals surface area (Å²) < 4.78 is 26.7. The molecule has 1 N–H and O–H groups in total. The van der Waals surface area contributed by atoms with E-state index in [9.17, 15) is 23.3 Å². The van der Waals surface area contributed by atoms with E-state index in [0.717, 1.165) is 5.56 Å². The molecule has 10 heteroatoms. The number of carbonyl (C=O) groups is 1. The van der Waals surface area contributed by atoms with Crippen LogP contribution in [-0.2, 0) is 20.6 Å². The summed E-state index contributed by atoms with van der Waals surface area (Å²) in [5, 5.41) is 13.8. The van der Waals surface area contributed by atoms with Crippen LogP contribution in [0.1, 0.15) is 11.1 Å². The molecule has 1 saturated heterocycles. The summed E-state index contributed by atoms with van der Waals surface area (Å²) in [7, 11) is -3.43. The third-order valence-corrected chi connectivity index (χ3v) is 6.85. The summed E-state index contributed by atoms with van der Waals surface area (Å²) in [6, 6.07) is 13.6. The molecule has 0 aromatic heterocycles. The molecule has 1 aliphatic rings. The Bertz CT molecular complexity index is 1020. The Morgan fingerprint density at radius 2 is 1.73 bits per heavy atom. The van der Waals surface area contributed by atoms with Crippen molar-refractivity contribution in [3.63, 3.8) is 0 Å². The zero-order valence-corrected chi connectivity index (χ0v) is 17.5. The van der Waals surface area contributed by atoms with Gasteiger partial charge >= 0.3 is 0 Å². The maximum Gasteiger partial charge on any atom is 0.293 e. The van der Waals surface area contributed by atoms with E-state index in [1.54, 1.807) is 43.3 Å². The topological polar surface area (TPSA) is 113 Å². The fraction of sp³-hybridized carbons (Fsp3) is 0.350. The van der Waals surface area contributed by atoms with E-state index in [1.165, 1.54) is 10.4 Å². The fourth-order valence-electron chi connectivity index (χ4n) is 3.39. The lowest BCUT2D eigenvalue weighted by molar-refractivity contribution is -0.384. The summed E-state index contributed by atoms with van der Waals surface area (Å²) in [5.41, 5.74) is 1.38. The molecule has 0 aliphatic carbocycles. The van der Waals surface area contributed by atoms with Gasteiger partial charge in [-0.3, -0.25) is 19.8 Å². The number of nitrogens with one attached hydrogen (secondary N) is 1. The summed E-state index contributed by atoms with van der Waals surface area (Å²) in [6.45, 7) is 3.16. The van der Waals surface area contributed by atoms with Crippen LogP contribution in [0.2, 0.25) is 0 Å². The van der Waals surface area contributed by atoms with Gasteiger partial charge in [-0.15, -0.1) is 0 Å². The van der Waals surface area contributed by atoms with Crippen LogP contribution in [0.4, 0.5) is 11.4 Å². The number of nitrogens with zero attached hydrogens (tertiary/aromatic N) is 3. The van der Waals surface area contributed by atoms with Gasteiger partial charge in [0.15, 0.2) is 0 Å². The number of nitro benzene ring substituents is 1. The van der Waals surface area contributed by atoms with Crippen LogP contribution in [0.15, 0.2) is 48.5 Å². The third-order valence-electron chi connectivity index (χ3n) is 5.00. The van der Waals surface area contributed by atoms with Crippen LogP contribution in [0.25, 0.3) is 0 Å². The quantitative estimate of drug-likeness (QED) is 0.529. The highest BCUT2D eigenvalue weighted by atomic mass is 32.2. The van der Waals surface area contributed by atoms with E-state index in [1.807, 2.05) is 11.0 Å². The summed E-state index contributed by atoms with van der Waals surface area (Å²) in [4.78, 5) is 24.9. The Morgan fingerprint density at radius 1 is 1.07 bits per heavy atom. The molecule has 2 aromatic carbocycles. The van der Waals surface area contributed by atoms with Gasteiger partial charge in [-0.2, -0.15) is 4.31 Å². The second-order valence-corrected chi connectivity index (χ2v) is 9.16. The second kappa shape index (κ2) is 9.33. The largest absolute Gasteiger partial charge is 0.319 e. The maximum atomic E-state index is 12.6. The zero-order chi connectivity index (χ0) is 21.7. The number of carbonyl (C=O) groups excluding carboxylic acids is 1. The van der Waals surface area contributed by atoms with E-state index >= 15 is 0 Å². The summed E-state index contributed by atoms with van der Waals surface area (Å²) >= 11 is 0. The highest BCUT2D eigenvalue weighted by Crippen LogP contribution is 2.27. The van der Waals surface area contributed by atoms with Gasteiger partial charge in [0.05, 0.1) is 17.2 Å². The highest BCUT2D eigenvalue weighted by Gasteiger charge is 2.28. The zero-order valence-electron chi connectivity index (χ0n) is 16.7. The molecule has 0 saturated carbocycles. The van der Waals surface area contributed by atoms with Gasteiger partial charge in [0.25, 0.3) is 5.69 Å². The number of anilines is 1. The van der Waals surface area contributed by atoms with Crippen LogP contribution in [0, 0.1) is 17.0 Å². The van der Waals surface area contributed by atoms with Gasteiger partial charge in [0.1, 0.15) is 5.69 Å². The smallest absolute Gasteiger partial charge is 0.293 e. The summed E-state index contributed by atoms with van der Waals surface area (Å²) in [6.07, 6.45) is 0. The van der Waals surface area contributed by atoms with Crippen molar-refractivity contribution in [2.45, 2.75) is 12.7 Å². The lowest BCUT2D eigenvalue weighted by atomic mass is 10.1. The predicted molar refractivity (Wildman–Crippen MR) is 114 cm³/mol. The van der Waals surface area contributed by atoms with Crippen molar-refractivity contribution >= 4 is 27.3 Å². The molecule has 1 aliphatic heterocycles. The van der Waals surface area contributed by atoms with E-state index in [4.69, 9.17) is 0 Å². The molecular formula is C20H24N4O5S. The summed E-state index contributed by atoms with van der Waals surface area (Å²) in [5.74, 6) is -0.418. The minimum Gasteiger partial charge on any atom is -0.319 e. The van der Waals surface area contributed by atoms with Crippen LogP contribution in [-0.4, -0.2) is 61.2 Å². The molecule has 0 unspecified atom stereocenters. The van der Waals surface area contributed by atoms with Crippen molar-refractivity contribution in [3.8, 4) is 0 Å². The minimum absolute atomic E-state index is 0.0397. The Hall–Kier alpha value is -2.82. The fourth-order valence-corrected chi connectivity index (χ4v) is 4.91. The maximum absolute atomic E-state index is 12.6. The average Bonchev–Trinajstić information content (AvgIpc) is 2.70. The van der Waals surface area contributed by atoms with E-state index in [2.05, 4.69) is 5.32 Å². The first-order valence-corrected chi connectivity index (χ1v) is 11.1. The Balaban J connectivity index is 1.55. The third kappa shape index (κ3) is 5.41. The average molecular weight is 433 g/mol. The normalized spacial score (nSPS) is 15.6. The van der Waals surface area contributed by atoms with Gasteiger partial charge in [0.2, 0.25) is 15.9 Å². The molecule has 0 bridgehead atoms. The van der Waals surface area contributed by atoms with Crippen molar-refractivity contribution in [2.24, 2.45) is 0 Å². The molecule has 0 spiro atoms. The van der Waals surface area contributed by atoms with Gasteiger partial charge in [-0.1, -0.05) is 42.5 Å². The number of sulfonamides is 1. The second-order valence-electron chi connectivity index (χ2n) is 7.19. The number of nitro groups is 1. The number of hydrogen-bond donors (Lipinski definition) is 1. The molecule has 160 valence electrons. The van der Waals surface area contributed by atoms with Gasteiger partial charge in [0, 0.05) is 32.2 Å². The first-order chi connectivity index (χ1) is 14.3. The standard InChI is InChI=1S/C20H24N4O5S/c1-16-6-5-9-18(24(26)27)20(16)21-19(25)14-22-10-12-23(13-11-22)30(28,29)15-17-7-3-2-4-8-17/h2-9H,10-15H2,1H3,(H,21,25). The molecule has 30 heavy (non-hydrogen) atoms. The molecular weight excluding hydrogens is 408 g/mol. The number of aryl methyl sites for hydroxylation is 1. The van der Waals surface area contributed by atoms with Crippen LogP contribution < -0.4 is 5.32 Å². The van der Waals surface area contributed by atoms with Gasteiger partial charge in [-0.25, -0.2) is 8.42 Å². The lowest BCUT2D eigenvalue weighted by Gasteiger charge is -2.33. The Kier molecular flexibility index (Phi) is 6.80. The Morgan fingerprint density at radius 3 is 2.37 bits per heavy atom. The molecule has 1 heterocycles. The van der Waals surface area contributed by atoms with Gasteiger partial charge in [-0.05, 0) is 18.1 Å². The first-order valence-electron chi connectivity index (χ1n) is 9.54. The molecule has 3 rings (SSSR count). The van der Waals surface area contributed by atoms with E-state index < -0.39 is 14.9 Å². The SMILES string of the molecule is Cc1cccc([N+](=O)[O-])c1NC(=O)CN1CCN(S(=O)(=O)Cc2ccccc2)CC1. The molecule has 9 nitrogen and oxygen atoms in total. The van der Waals surface area contributed by atoms with Crippen molar-refractivity contribution in [2.75, 3.05) is 38.0 Å². The number of para-hydroxylation sites is 1. The molecule has 0 atom stereocenters. The number of piperazine rings is 1. The van der Waals surface area contributed by atoms with Crippen molar-refractivity contribution in [1.29, 1.82) is 0 Å². The van der Waals surface area contributed by atoms with Crippen molar-refractivity contribution in [3.05, 3.63) is 69.8 Å². The lowest BCUT2D eigenvalue weighted by Crippen LogP contribution is -2.50.